The SMILES string of the molecule is O=C(CCOCCOCCOCCOCCOCCOCCOCCOCCOCCNC(=O)OCC1c2ccccc2-c2ccccc21)ON1C(=O)CCC1=O. The Hall–Kier alpha value is -4.04. The van der Waals surface area contributed by atoms with Gasteiger partial charge in [0, 0.05) is 25.3 Å². The van der Waals surface area contributed by atoms with Gasteiger partial charge in [0.2, 0.25) is 0 Å². The van der Waals surface area contributed by atoms with Crippen LogP contribution in [0.25, 0.3) is 11.1 Å². The van der Waals surface area contributed by atoms with Crippen LogP contribution in [-0.4, -0.2) is 161 Å². The van der Waals surface area contributed by atoms with E-state index in [4.69, 9.17) is 52.2 Å². The van der Waals surface area contributed by atoms with Crippen LogP contribution >= 0.6 is 0 Å². The molecule has 17 nitrogen and oxygen atoms in total. The van der Waals surface area contributed by atoms with E-state index in [-0.39, 0.29) is 45.0 Å². The van der Waals surface area contributed by atoms with Crippen molar-refractivity contribution in [1.82, 2.24) is 10.4 Å². The van der Waals surface area contributed by atoms with Gasteiger partial charge in [0.15, 0.2) is 0 Å². The molecule has 1 aliphatic carbocycles. The van der Waals surface area contributed by atoms with Gasteiger partial charge in [-0.2, -0.15) is 0 Å². The molecular formula is C40H56N2O15. The molecule has 0 bridgehead atoms. The number of amides is 3. The van der Waals surface area contributed by atoms with Gasteiger partial charge in [-0.1, -0.05) is 48.5 Å². The first-order chi connectivity index (χ1) is 28.0. The van der Waals surface area contributed by atoms with E-state index >= 15 is 0 Å². The first-order valence-corrected chi connectivity index (χ1v) is 19.4. The normalized spacial score (nSPS) is 13.6. The van der Waals surface area contributed by atoms with Gasteiger partial charge in [-0.15, -0.1) is 5.06 Å². The molecule has 0 radical (unpaired) electrons. The van der Waals surface area contributed by atoms with E-state index in [0.717, 1.165) is 0 Å². The number of alkyl carbamates (subject to hydrolysis) is 1. The Balaban J connectivity index is 0.791. The second-order valence-corrected chi connectivity index (χ2v) is 12.6. The quantitative estimate of drug-likeness (QED) is 0.0820. The van der Waals surface area contributed by atoms with E-state index in [1.165, 1.54) is 22.3 Å². The summed E-state index contributed by atoms with van der Waals surface area (Å²) in [6, 6.07) is 16.5. The Kier molecular flexibility index (Phi) is 22.7. The van der Waals surface area contributed by atoms with E-state index in [0.29, 0.717) is 117 Å². The Morgan fingerprint density at radius 3 is 1.32 bits per heavy atom. The Labute approximate surface area is 333 Å². The summed E-state index contributed by atoms with van der Waals surface area (Å²) in [6.45, 7) is 7.77. The fourth-order valence-corrected chi connectivity index (χ4v) is 5.70. The minimum absolute atomic E-state index is 0.0266. The van der Waals surface area contributed by atoms with Crippen molar-refractivity contribution in [3.63, 3.8) is 0 Å². The molecule has 2 aromatic rings. The number of hydrogen-bond donors (Lipinski definition) is 1. The van der Waals surface area contributed by atoms with E-state index in [2.05, 4.69) is 29.6 Å². The first kappa shape index (κ1) is 45.7. The third-order valence-electron chi connectivity index (χ3n) is 8.48. The molecule has 1 saturated heterocycles. The van der Waals surface area contributed by atoms with Crippen LogP contribution < -0.4 is 5.32 Å². The van der Waals surface area contributed by atoms with Crippen LogP contribution in [0.4, 0.5) is 4.79 Å². The third kappa shape index (κ3) is 18.0. The summed E-state index contributed by atoms with van der Waals surface area (Å²) in [4.78, 5) is 51.5. The summed E-state index contributed by atoms with van der Waals surface area (Å²) < 4.78 is 54.6. The number of benzene rings is 2. The minimum Gasteiger partial charge on any atom is -0.449 e. The van der Waals surface area contributed by atoms with Crippen molar-refractivity contribution in [2.75, 3.05) is 132 Å². The van der Waals surface area contributed by atoms with Crippen molar-refractivity contribution in [2.24, 2.45) is 0 Å². The highest BCUT2D eigenvalue weighted by Crippen LogP contribution is 2.44. The zero-order valence-electron chi connectivity index (χ0n) is 32.5. The van der Waals surface area contributed by atoms with Gasteiger partial charge in [0.25, 0.3) is 11.8 Å². The Bertz CT molecular complexity index is 1420. The number of carbonyl (C=O) groups excluding carboxylic acids is 4. The molecule has 316 valence electrons. The van der Waals surface area contributed by atoms with Gasteiger partial charge in [-0.05, 0) is 22.3 Å². The molecular weight excluding hydrogens is 748 g/mol. The number of carbonyl (C=O) groups is 4. The Morgan fingerprint density at radius 2 is 0.895 bits per heavy atom. The van der Waals surface area contributed by atoms with Crippen LogP contribution in [0.5, 0.6) is 0 Å². The summed E-state index contributed by atoms with van der Waals surface area (Å²) in [7, 11) is 0. The average Bonchev–Trinajstić information content (AvgIpc) is 3.72. The molecule has 2 aliphatic rings. The largest absolute Gasteiger partial charge is 0.449 e. The molecule has 0 unspecified atom stereocenters. The van der Waals surface area contributed by atoms with Gasteiger partial charge >= 0.3 is 12.1 Å². The highest BCUT2D eigenvalue weighted by Gasteiger charge is 2.33. The molecule has 0 saturated carbocycles. The van der Waals surface area contributed by atoms with Crippen molar-refractivity contribution in [3.05, 3.63) is 59.7 Å². The molecule has 3 amide bonds. The number of imide groups is 1. The summed E-state index contributed by atoms with van der Waals surface area (Å²) in [5, 5.41) is 3.25. The van der Waals surface area contributed by atoms with Gasteiger partial charge in [-0.3, -0.25) is 9.59 Å². The molecule has 0 aromatic heterocycles. The van der Waals surface area contributed by atoms with Crippen LogP contribution in [0.2, 0.25) is 0 Å². The van der Waals surface area contributed by atoms with E-state index in [9.17, 15) is 19.2 Å². The fourth-order valence-electron chi connectivity index (χ4n) is 5.70. The zero-order chi connectivity index (χ0) is 40.2. The van der Waals surface area contributed by atoms with Gasteiger partial charge in [0.1, 0.15) is 6.61 Å². The maximum Gasteiger partial charge on any atom is 0.407 e. The molecule has 2 aromatic carbocycles. The lowest BCUT2D eigenvalue weighted by atomic mass is 9.98. The third-order valence-corrected chi connectivity index (χ3v) is 8.48. The lowest BCUT2D eigenvalue weighted by molar-refractivity contribution is -0.198. The first-order valence-electron chi connectivity index (χ1n) is 19.4. The lowest BCUT2D eigenvalue weighted by Gasteiger charge is -2.14. The maximum absolute atomic E-state index is 12.2. The number of fused-ring (bicyclic) bond motifs is 3. The fraction of sp³-hybridized carbons (Fsp3) is 0.600. The van der Waals surface area contributed by atoms with Crippen molar-refractivity contribution in [1.29, 1.82) is 0 Å². The van der Waals surface area contributed by atoms with E-state index < -0.39 is 23.9 Å². The predicted molar refractivity (Wildman–Crippen MR) is 202 cm³/mol. The number of hydrogen-bond acceptors (Lipinski definition) is 15. The summed E-state index contributed by atoms with van der Waals surface area (Å²) in [6.07, 6.45) is -0.433. The molecule has 4 rings (SSSR count). The van der Waals surface area contributed by atoms with Crippen molar-refractivity contribution < 1.29 is 71.4 Å². The summed E-state index contributed by atoms with van der Waals surface area (Å²) in [5.74, 6) is -1.70. The molecule has 1 aliphatic heterocycles. The second kappa shape index (κ2) is 28.4. The molecule has 0 spiro atoms. The monoisotopic (exact) mass is 804 g/mol. The smallest absolute Gasteiger partial charge is 0.407 e. The topological polar surface area (TPSA) is 185 Å². The number of nitrogens with one attached hydrogen (secondary N) is 1. The molecule has 17 heteroatoms. The van der Waals surface area contributed by atoms with Gasteiger partial charge < -0.3 is 57.5 Å². The maximum atomic E-state index is 12.2. The lowest BCUT2D eigenvalue weighted by Crippen LogP contribution is -2.32. The van der Waals surface area contributed by atoms with Crippen molar-refractivity contribution >= 4 is 23.9 Å². The molecule has 57 heavy (non-hydrogen) atoms. The van der Waals surface area contributed by atoms with Crippen LogP contribution in [0, 0.1) is 0 Å². The van der Waals surface area contributed by atoms with Crippen molar-refractivity contribution in [3.8, 4) is 11.1 Å². The number of nitrogens with zero attached hydrogens (tertiary/aromatic N) is 1. The average molecular weight is 805 g/mol. The summed E-state index contributed by atoms with van der Waals surface area (Å²) in [5.41, 5.74) is 4.74. The highest BCUT2D eigenvalue weighted by molar-refractivity contribution is 6.01. The highest BCUT2D eigenvalue weighted by atomic mass is 16.7. The van der Waals surface area contributed by atoms with Crippen molar-refractivity contribution in [2.45, 2.75) is 25.2 Å². The molecule has 0 atom stereocenters. The van der Waals surface area contributed by atoms with E-state index in [1.54, 1.807) is 0 Å². The standard InChI is InChI=1S/C40H56N2O15/c43-37-9-10-38(44)42(37)57-39(45)11-13-47-15-17-49-19-21-51-23-25-53-27-29-55-30-28-54-26-24-52-22-20-50-18-16-48-14-12-41-40(46)56-31-36-34-7-3-1-5-32(34)33-6-2-4-8-35(33)36/h1-8,36H,9-31H2,(H,41,46). The van der Waals surface area contributed by atoms with Crippen LogP contribution in [0.1, 0.15) is 36.3 Å². The number of rotatable bonds is 33. The van der Waals surface area contributed by atoms with Crippen LogP contribution in [-0.2, 0) is 66.6 Å². The van der Waals surface area contributed by atoms with Crippen LogP contribution in [0.3, 0.4) is 0 Å². The van der Waals surface area contributed by atoms with Gasteiger partial charge in [-0.25, -0.2) is 9.59 Å². The van der Waals surface area contributed by atoms with Gasteiger partial charge in [0.05, 0.1) is 125 Å². The zero-order valence-corrected chi connectivity index (χ0v) is 32.5. The van der Waals surface area contributed by atoms with E-state index in [1.807, 2.05) is 24.3 Å². The molecule has 1 fully saturated rings. The van der Waals surface area contributed by atoms with Crippen LogP contribution in [0.15, 0.2) is 48.5 Å². The minimum atomic E-state index is -0.703. The summed E-state index contributed by atoms with van der Waals surface area (Å²) >= 11 is 0. The second-order valence-electron chi connectivity index (χ2n) is 12.6. The predicted octanol–water partition coefficient (Wildman–Crippen LogP) is 2.67. The molecule has 1 N–H and O–H groups in total. The number of ether oxygens (including phenoxy) is 10. The molecule has 1 heterocycles. The number of hydroxylamine groups is 2. The Morgan fingerprint density at radius 1 is 0.526 bits per heavy atom.